The molecule has 0 aliphatic carbocycles. The Labute approximate surface area is 211 Å². The molecule has 0 radical (unpaired) electrons. The smallest absolute Gasteiger partial charge is 0.191 e. The van der Waals surface area contributed by atoms with E-state index in [1.54, 1.807) is 6.20 Å². The highest BCUT2D eigenvalue weighted by Crippen LogP contribution is 2.15. The molecule has 2 N–H and O–H groups in total. The van der Waals surface area contributed by atoms with Gasteiger partial charge in [-0.05, 0) is 51.0 Å². The van der Waals surface area contributed by atoms with Gasteiger partial charge < -0.3 is 15.2 Å². The number of nitrogens with zero attached hydrogens (tertiary/aromatic N) is 6. The van der Waals surface area contributed by atoms with Gasteiger partial charge in [0.15, 0.2) is 5.96 Å². The summed E-state index contributed by atoms with van der Waals surface area (Å²) in [6, 6.07) is 12.3. The summed E-state index contributed by atoms with van der Waals surface area (Å²) in [7, 11) is 0. The SMILES string of the molecule is CCNC(=NCc1ccc(-n2ccnc2C)nc1)NCCCn1c(C)nc2ccccc21.I. The van der Waals surface area contributed by atoms with Crippen LogP contribution in [0.2, 0.25) is 0 Å². The largest absolute Gasteiger partial charge is 0.357 e. The number of benzene rings is 1. The molecule has 0 amide bonds. The van der Waals surface area contributed by atoms with Crippen molar-refractivity contribution in [2.75, 3.05) is 13.1 Å². The highest BCUT2D eigenvalue weighted by molar-refractivity contribution is 14.0. The van der Waals surface area contributed by atoms with Crippen molar-refractivity contribution >= 4 is 41.0 Å². The third-order valence-corrected chi connectivity index (χ3v) is 5.34. The first-order valence-electron chi connectivity index (χ1n) is 11.0. The molecule has 0 unspecified atom stereocenters. The number of guanidine groups is 1. The second kappa shape index (κ2) is 11.8. The second-order valence-electron chi connectivity index (χ2n) is 7.64. The number of hydrogen-bond acceptors (Lipinski definition) is 4. The molecule has 0 bridgehead atoms. The van der Waals surface area contributed by atoms with Gasteiger partial charge in [0, 0.05) is 38.2 Å². The van der Waals surface area contributed by atoms with Crippen LogP contribution < -0.4 is 10.6 Å². The summed E-state index contributed by atoms with van der Waals surface area (Å²) in [5.41, 5.74) is 3.30. The van der Waals surface area contributed by atoms with Crippen molar-refractivity contribution in [2.24, 2.45) is 4.99 Å². The van der Waals surface area contributed by atoms with E-state index in [1.807, 2.05) is 36.0 Å². The maximum atomic E-state index is 4.71. The van der Waals surface area contributed by atoms with E-state index in [4.69, 9.17) is 4.99 Å². The zero-order valence-electron chi connectivity index (χ0n) is 19.3. The van der Waals surface area contributed by atoms with Gasteiger partial charge in [0.2, 0.25) is 0 Å². The van der Waals surface area contributed by atoms with E-state index in [1.165, 1.54) is 5.52 Å². The van der Waals surface area contributed by atoms with Crippen LogP contribution in [0.25, 0.3) is 16.9 Å². The number of halogens is 1. The van der Waals surface area contributed by atoms with Crippen molar-refractivity contribution in [1.82, 2.24) is 34.7 Å². The summed E-state index contributed by atoms with van der Waals surface area (Å²) in [6.07, 6.45) is 6.54. The first-order valence-corrected chi connectivity index (χ1v) is 11.0. The van der Waals surface area contributed by atoms with Gasteiger partial charge in [-0.3, -0.25) is 4.57 Å². The number of fused-ring (bicyclic) bond motifs is 1. The number of aryl methyl sites for hydroxylation is 3. The quantitative estimate of drug-likeness (QED) is 0.148. The Morgan fingerprint density at radius 3 is 2.61 bits per heavy atom. The molecule has 0 aliphatic rings. The summed E-state index contributed by atoms with van der Waals surface area (Å²) >= 11 is 0. The Kier molecular flexibility index (Phi) is 8.81. The molecule has 0 saturated heterocycles. The summed E-state index contributed by atoms with van der Waals surface area (Å²) < 4.78 is 4.24. The van der Waals surface area contributed by atoms with Crippen LogP contribution in [0.15, 0.2) is 60.0 Å². The van der Waals surface area contributed by atoms with E-state index in [-0.39, 0.29) is 24.0 Å². The fraction of sp³-hybridized carbons (Fsp3) is 0.333. The van der Waals surface area contributed by atoms with E-state index >= 15 is 0 Å². The van der Waals surface area contributed by atoms with Gasteiger partial charge in [-0.25, -0.2) is 19.9 Å². The molecule has 3 heterocycles. The fourth-order valence-corrected chi connectivity index (χ4v) is 3.71. The lowest BCUT2D eigenvalue weighted by Gasteiger charge is -2.12. The van der Waals surface area contributed by atoms with Crippen LogP contribution in [-0.2, 0) is 13.1 Å². The average molecular weight is 558 g/mol. The van der Waals surface area contributed by atoms with Gasteiger partial charge >= 0.3 is 0 Å². The standard InChI is InChI=1S/C24H30N8.HI/c1-4-25-24(27-12-7-14-31-19(3)30-21-8-5-6-9-22(21)31)29-17-20-10-11-23(28-16-20)32-15-13-26-18(32)2;/h5-6,8-11,13,15-16H,4,7,12,14,17H2,1-3H3,(H2,25,27,29);1H. The number of aliphatic imine (C=N–C) groups is 1. The van der Waals surface area contributed by atoms with E-state index in [0.717, 1.165) is 60.6 Å². The first kappa shape index (κ1) is 24.7. The molecule has 4 rings (SSSR count). The number of para-hydroxylation sites is 2. The first-order chi connectivity index (χ1) is 15.7. The molecular weight excluding hydrogens is 527 g/mol. The van der Waals surface area contributed by atoms with E-state index < -0.39 is 0 Å². The summed E-state index contributed by atoms with van der Waals surface area (Å²) in [5, 5.41) is 6.75. The fourth-order valence-electron chi connectivity index (χ4n) is 3.71. The summed E-state index contributed by atoms with van der Waals surface area (Å²) in [4.78, 5) is 18.1. The maximum Gasteiger partial charge on any atom is 0.191 e. The highest BCUT2D eigenvalue weighted by Gasteiger charge is 2.06. The lowest BCUT2D eigenvalue weighted by atomic mass is 10.3. The molecule has 3 aromatic heterocycles. The van der Waals surface area contributed by atoms with Gasteiger partial charge in [0.25, 0.3) is 0 Å². The lowest BCUT2D eigenvalue weighted by Crippen LogP contribution is -2.38. The lowest BCUT2D eigenvalue weighted by molar-refractivity contribution is 0.624. The molecule has 0 aliphatic heterocycles. The third kappa shape index (κ3) is 6.10. The monoisotopic (exact) mass is 558 g/mol. The van der Waals surface area contributed by atoms with Crippen LogP contribution in [0.3, 0.4) is 0 Å². The van der Waals surface area contributed by atoms with E-state index in [9.17, 15) is 0 Å². The highest BCUT2D eigenvalue weighted by atomic mass is 127. The second-order valence-corrected chi connectivity index (χ2v) is 7.64. The molecule has 1 aromatic carbocycles. The molecule has 33 heavy (non-hydrogen) atoms. The van der Waals surface area contributed by atoms with Crippen LogP contribution in [0.5, 0.6) is 0 Å². The molecule has 0 saturated carbocycles. The van der Waals surface area contributed by atoms with Crippen molar-refractivity contribution in [3.63, 3.8) is 0 Å². The molecule has 174 valence electrons. The van der Waals surface area contributed by atoms with Gasteiger partial charge in [0.1, 0.15) is 17.5 Å². The maximum absolute atomic E-state index is 4.71. The number of nitrogens with one attached hydrogen (secondary N) is 2. The minimum Gasteiger partial charge on any atom is -0.357 e. The summed E-state index contributed by atoms with van der Waals surface area (Å²) in [6.45, 7) is 9.22. The molecular formula is C24H31IN8. The third-order valence-electron chi connectivity index (χ3n) is 5.34. The Morgan fingerprint density at radius 1 is 1.03 bits per heavy atom. The molecule has 9 heteroatoms. The Balaban J connectivity index is 0.00000306. The van der Waals surface area contributed by atoms with Gasteiger partial charge in [-0.1, -0.05) is 18.2 Å². The van der Waals surface area contributed by atoms with E-state index in [0.29, 0.717) is 6.54 Å². The van der Waals surface area contributed by atoms with Gasteiger partial charge in [-0.2, -0.15) is 0 Å². The number of hydrogen-bond donors (Lipinski definition) is 2. The number of imidazole rings is 2. The van der Waals surface area contributed by atoms with E-state index in [2.05, 4.69) is 68.3 Å². The van der Waals surface area contributed by atoms with Crippen LogP contribution in [0.4, 0.5) is 0 Å². The van der Waals surface area contributed by atoms with Crippen molar-refractivity contribution in [2.45, 2.75) is 40.3 Å². The number of aromatic nitrogens is 5. The molecule has 8 nitrogen and oxygen atoms in total. The van der Waals surface area contributed by atoms with Crippen molar-refractivity contribution in [1.29, 1.82) is 0 Å². The minimum atomic E-state index is 0. The minimum absolute atomic E-state index is 0. The number of rotatable bonds is 8. The Bertz CT molecular complexity index is 1190. The zero-order chi connectivity index (χ0) is 22.3. The zero-order valence-corrected chi connectivity index (χ0v) is 21.7. The van der Waals surface area contributed by atoms with Crippen LogP contribution in [0.1, 0.15) is 30.6 Å². The van der Waals surface area contributed by atoms with Crippen molar-refractivity contribution in [3.05, 3.63) is 72.2 Å². The molecule has 0 fully saturated rings. The Hall–Kier alpha value is -2.95. The van der Waals surface area contributed by atoms with Crippen molar-refractivity contribution in [3.8, 4) is 5.82 Å². The van der Waals surface area contributed by atoms with Crippen LogP contribution in [0, 0.1) is 13.8 Å². The number of pyridine rings is 1. The molecule has 4 aromatic rings. The molecule has 0 spiro atoms. The summed E-state index contributed by atoms with van der Waals surface area (Å²) in [5.74, 6) is 3.64. The van der Waals surface area contributed by atoms with Crippen molar-refractivity contribution < 1.29 is 0 Å². The molecule has 0 atom stereocenters. The average Bonchev–Trinajstić information content (AvgIpc) is 3.37. The van der Waals surface area contributed by atoms with Crippen LogP contribution in [-0.4, -0.2) is 43.1 Å². The topological polar surface area (TPSA) is 85.0 Å². The van der Waals surface area contributed by atoms with Crippen LogP contribution >= 0.6 is 24.0 Å². The predicted octanol–water partition coefficient (Wildman–Crippen LogP) is 4.00. The normalized spacial score (nSPS) is 11.4. The predicted molar refractivity (Wildman–Crippen MR) is 143 cm³/mol. The van der Waals surface area contributed by atoms with Gasteiger partial charge in [-0.15, -0.1) is 24.0 Å². The Morgan fingerprint density at radius 2 is 1.88 bits per heavy atom. The van der Waals surface area contributed by atoms with Gasteiger partial charge in [0.05, 0.1) is 17.6 Å².